The molecule has 0 amide bonds. The Labute approximate surface area is 225 Å². The van der Waals surface area contributed by atoms with Crippen molar-refractivity contribution in [1.82, 2.24) is 19.9 Å². The van der Waals surface area contributed by atoms with Crippen molar-refractivity contribution in [3.8, 4) is 10.6 Å². The molecule has 0 aromatic carbocycles. The zero-order chi connectivity index (χ0) is 26.1. The molecule has 200 valence electrons. The molecule has 0 spiro atoms. The Hall–Kier alpha value is -2.32. The predicted molar refractivity (Wildman–Crippen MR) is 153 cm³/mol. The molecule has 37 heavy (non-hydrogen) atoms. The highest BCUT2D eigenvalue weighted by Gasteiger charge is 2.33. The number of nitrogens with zero attached hydrogens (tertiary/aromatic N) is 4. The van der Waals surface area contributed by atoms with Gasteiger partial charge < -0.3 is 15.7 Å². The van der Waals surface area contributed by atoms with E-state index in [0.29, 0.717) is 23.8 Å². The number of fused-ring (bicyclic) bond motifs is 1. The van der Waals surface area contributed by atoms with Crippen LogP contribution in [0, 0.1) is 31.6 Å². The van der Waals surface area contributed by atoms with E-state index in [-0.39, 0.29) is 18.1 Å². The van der Waals surface area contributed by atoms with E-state index >= 15 is 0 Å². The van der Waals surface area contributed by atoms with Gasteiger partial charge in [0, 0.05) is 18.3 Å². The van der Waals surface area contributed by atoms with Crippen molar-refractivity contribution in [2.75, 3.05) is 10.6 Å². The molecule has 2 fully saturated rings. The Morgan fingerprint density at radius 2 is 1.81 bits per heavy atom. The van der Waals surface area contributed by atoms with Crippen molar-refractivity contribution in [3.05, 3.63) is 23.7 Å². The molecule has 0 radical (unpaired) electrons. The van der Waals surface area contributed by atoms with E-state index in [1.807, 2.05) is 19.2 Å². The van der Waals surface area contributed by atoms with Gasteiger partial charge in [-0.2, -0.15) is 4.98 Å². The van der Waals surface area contributed by atoms with Crippen LogP contribution in [-0.4, -0.2) is 43.2 Å². The Kier molecular flexibility index (Phi) is 7.96. The van der Waals surface area contributed by atoms with Crippen LogP contribution in [0.5, 0.6) is 0 Å². The first-order valence-corrected chi connectivity index (χ1v) is 15.0. The summed E-state index contributed by atoms with van der Waals surface area (Å²) >= 11 is 1.67. The number of pyridine rings is 1. The van der Waals surface area contributed by atoms with E-state index in [0.717, 1.165) is 63.7 Å². The number of aliphatic hydroxyl groups is 1. The van der Waals surface area contributed by atoms with Crippen LogP contribution in [0.2, 0.25) is 0 Å². The number of hydrogen-bond donors (Lipinski definition) is 3. The summed E-state index contributed by atoms with van der Waals surface area (Å²) in [5.74, 6) is 2.85. The van der Waals surface area contributed by atoms with Gasteiger partial charge in [-0.25, -0.2) is 9.97 Å². The van der Waals surface area contributed by atoms with Gasteiger partial charge in [-0.05, 0) is 76.2 Å². The molecule has 3 N–H and O–H groups in total. The second kappa shape index (κ2) is 11.2. The van der Waals surface area contributed by atoms with Crippen molar-refractivity contribution in [3.63, 3.8) is 0 Å². The molecule has 7 nitrogen and oxygen atoms in total. The number of hydrogen-bond acceptors (Lipinski definition) is 8. The van der Waals surface area contributed by atoms with Gasteiger partial charge in [0.2, 0.25) is 5.95 Å². The van der Waals surface area contributed by atoms with Gasteiger partial charge in [-0.15, -0.1) is 11.3 Å². The summed E-state index contributed by atoms with van der Waals surface area (Å²) in [7, 11) is 0. The van der Waals surface area contributed by atoms with E-state index < -0.39 is 0 Å². The lowest BCUT2D eigenvalue weighted by Gasteiger charge is -2.25. The third-order valence-corrected chi connectivity index (χ3v) is 9.54. The van der Waals surface area contributed by atoms with Crippen molar-refractivity contribution >= 4 is 33.3 Å². The minimum atomic E-state index is -0.257. The Balaban J connectivity index is 1.48. The van der Waals surface area contributed by atoms with Gasteiger partial charge in [0.25, 0.3) is 0 Å². The molecule has 3 heterocycles. The summed E-state index contributed by atoms with van der Waals surface area (Å²) in [4.78, 5) is 19.5. The first-order valence-electron chi connectivity index (χ1n) is 14.2. The van der Waals surface area contributed by atoms with Gasteiger partial charge in [-0.3, -0.25) is 4.98 Å². The lowest BCUT2D eigenvalue weighted by atomic mass is 9.92. The third-order valence-electron chi connectivity index (χ3n) is 8.50. The summed E-state index contributed by atoms with van der Waals surface area (Å²) in [5, 5.41) is 19.1. The summed E-state index contributed by atoms with van der Waals surface area (Å²) in [5.41, 5.74) is 3.80. The number of thiazole rings is 1. The summed E-state index contributed by atoms with van der Waals surface area (Å²) < 4.78 is 1.13. The third kappa shape index (κ3) is 5.60. The fourth-order valence-electron chi connectivity index (χ4n) is 6.36. The highest BCUT2D eigenvalue weighted by atomic mass is 32.1. The molecule has 0 saturated heterocycles. The molecule has 3 aromatic heterocycles. The number of anilines is 2. The Bertz CT molecular complexity index is 1220. The van der Waals surface area contributed by atoms with Crippen LogP contribution >= 0.6 is 11.3 Å². The first-order chi connectivity index (χ1) is 17.8. The van der Waals surface area contributed by atoms with Crippen LogP contribution in [0.15, 0.2) is 12.3 Å². The summed E-state index contributed by atoms with van der Waals surface area (Å²) in [6.45, 7) is 10.5. The van der Waals surface area contributed by atoms with Crippen molar-refractivity contribution in [1.29, 1.82) is 0 Å². The van der Waals surface area contributed by atoms with E-state index in [2.05, 4.69) is 43.3 Å². The molecule has 4 atom stereocenters. The van der Waals surface area contributed by atoms with Crippen molar-refractivity contribution < 1.29 is 5.11 Å². The van der Waals surface area contributed by atoms with Crippen LogP contribution in [0.3, 0.4) is 0 Å². The Morgan fingerprint density at radius 1 is 1.03 bits per heavy atom. The molecule has 2 saturated carbocycles. The van der Waals surface area contributed by atoms with Crippen LogP contribution in [0.1, 0.15) is 83.5 Å². The molecular weight excluding hydrogens is 480 g/mol. The molecule has 0 aliphatic heterocycles. The molecule has 8 heteroatoms. The highest BCUT2D eigenvalue weighted by molar-refractivity contribution is 7.21. The van der Waals surface area contributed by atoms with Gasteiger partial charge >= 0.3 is 0 Å². The fourth-order valence-corrected chi connectivity index (χ4v) is 7.47. The van der Waals surface area contributed by atoms with Crippen LogP contribution in [-0.2, 0) is 0 Å². The minimum absolute atomic E-state index is 0.257. The standard InChI is InChI=1S/C29H42N6OS/c1-6-22(19-9-7-8-10-19)33-29-31-17(4)24(28-34-25-18(5)30-14-13-23(25)37-28)27(35-29)32-21-12-11-20(15-21)26(36)16(2)3/h13-14,16,19-22,26,36H,6-12,15H2,1-5H3,(H2,31,32,33,35). The normalized spacial score (nSPS) is 22.1. The highest BCUT2D eigenvalue weighted by Crippen LogP contribution is 2.39. The predicted octanol–water partition coefficient (Wildman–Crippen LogP) is 6.74. The molecule has 5 rings (SSSR count). The second-order valence-corrected chi connectivity index (χ2v) is 12.5. The van der Waals surface area contributed by atoms with Gasteiger partial charge in [0.15, 0.2) is 0 Å². The molecule has 2 aliphatic rings. The lowest BCUT2D eigenvalue weighted by Crippen LogP contribution is -2.28. The maximum atomic E-state index is 10.7. The average Bonchev–Trinajstić information content (AvgIpc) is 3.63. The van der Waals surface area contributed by atoms with Gasteiger partial charge in [-0.1, -0.05) is 33.6 Å². The molecule has 3 aromatic rings. The van der Waals surface area contributed by atoms with E-state index in [4.69, 9.17) is 15.0 Å². The number of aliphatic hydroxyl groups excluding tert-OH is 1. The number of aromatic nitrogens is 4. The molecule has 4 unspecified atom stereocenters. The Morgan fingerprint density at radius 3 is 2.51 bits per heavy atom. The molecule has 2 aliphatic carbocycles. The number of aryl methyl sites for hydroxylation is 2. The topological polar surface area (TPSA) is 95.9 Å². The largest absolute Gasteiger partial charge is 0.393 e. The van der Waals surface area contributed by atoms with Crippen LogP contribution in [0.4, 0.5) is 11.8 Å². The molecule has 0 bridgehead atoms. The second-order valence-electron chi connectivity index (χ2n) is 11.5. The summed E-state index contributed by atoms with van der Waals surface area (Å²) in [6, 6.07) is 2.70. The minimum Gasteiger partial charge on any atom is -0.393 e. The smallest absolute Gasteiger partial charge is 0.225 e. The molecular formula is C29H42N6OS. The van der Waals surface area contributed by atoms with E-state index in [9.17, 15) is 5.11 Å². The zero-order valence-electron chi connectivity index (χ0n) is 22.9. The fraction of sp³-hybridized carbons (Fsp3) is 0.655. The van der Waals surface area contributed by atoms with E-state index in [1.165, 1.54) is 25.7 Å². The van der Waals surface area contributed by atoms with Gasteiger partial charge in [0.1, 0.15) is 16.3 Å². The quantitative estimate of drug-likeness (QED) is 0.286. The SMILES string of the molecule is CCC(Nc1nc(C)c(-c2nc3c(C)nccc3s2)c(NC2CCC(C(O)C(C)C)C2)n1)C1CCCC1. The summed E-state index contributed by atoms with van der Waals surface area (Å²) in [6.07, 6.45) is 10.9. The average molecular weight is 523 g/mol. The first kappa shape index (κ1) is 26.3. The van der Waals surface area contributed by atoms with Crippen molar-refractivity contribution in [2.24, 2.45) is 17.8 Å². The lowest BCUT2D eigenvalue weighted by molar-refractivity contribution is 0.0669. The van der Waals surface area contributed by atoms with Crippen LogP contribution in [0.25, 0.3) is 20.8 Å². The maximum Gasteiger partial charge on any atom is 0.225 e. The van der Waals surface area contributed by atoms with Crippen LogP contribution < -0.4 is 10.6 Å². The van der Waals surface area contributed by atoms with E-state index in [1.54, 1.807) is 11.3 Å². The zero-order valence-corrected chi connectivity index (χ0v) is 23.7. The number of nitrogens with one attached hydrogen (secondary N) is 2. The van der Waals surface area contributed by atoms with Gasteiger partial charge in [0.05, 0.1) is 27.8 Å². The monoisotopic (exact) mass is 522 g/mol. The number of rotatable bonds is 9. The maximum absolute atomic E-state index is 10.7. The van der Waals surface area contributed by atoms with Crippen molar-refractivity contribution in [2.45, 2.75) is 104 Å².